The number of hydrogen-bond acceptors (Lipinski definition) is 5. The van der Waals surface area contributed by atoms with E-state index < -0.39 is 0 Å². The minimum atomic E-state index is 0.248. The molecule has 2 heterocycles. The number of hydrogen-bond donors (Lipinski definition) is 1. The Balaban J connectivity index is 2.27. The van der Waals surface area contributed by atoms with Crippen molar-refractivity contribution < 1.29 is 0 Å². The fraction of sp³-hybridized carbons (Fsp3) is 0.667. The lowest BCUT2D eigenvalue weighted by Gasteiger charge is -2.39. The molecule has 0 aliphatic carbocycles. The number of piperazine rings is 1. The van der Waals surface area contributed by atoms with E-state index in [1.807, 2.05) is 0 Å². The molecule has 1 fully saturated rings. The Bertz CT molecular complexity index is 335. The van der Waals surface area contributed by atoms with Crippen LogP contribution in [0.2, 0.25) is 5.28 Å². The molecule has 0 unspecified atom stereocenters. The Morgan fingerprint density at radius 3 is 2.60 bits per heavy atom. The van der Waals surface area contributed by atoms with E-state index in [-0.39, 0.29) is 5.28 Å². The molecule has 0 aromatic carbocycles. The standard InChI is InChI=1S/C9H14ClN5/c1-6-3-11-4-7(2)15(6)9-13-5-12-8(10)14-9/h5-7,11H,3-4H2,1-2H3/t6-,7-/m1/s1. The monoisotopic (exact) mass is 227 g/mol. The van der Waals surface area contributed by atoms with Crippen LogP contribution in [0.5, 0.6) is 0 Å². The Hall–Kier alpha value is -0.940. The summed E-state index contributed by atoms with van der Waals surface area (Å²) in [7, 11) is 0. The van der Waals surface area contributed by atoms with E-state index in [0.717, 1.165) is 13.1 Å². The molecule has 1 aliphatic rings. The van der Waals surface area contributed by atoms with Crippen LogP contribution >= 0.6 is 11.6 Å². The van der Waals surface area contributed by atoms with Gasteiger partial charge in [-0.1, -0.05) is 0 Å². The Labute approximate surface area is 93.9 Å². The first kappa shape index (κ1) is 10.6. The van der Waals surface area contributed by atoms with Crippen molar-refractivity contribution in [3.8, 4) is 0 Å². The third-order valence-corrected chi connectivity index (χ3v) is 2.77. The van der Waals surface area contributed by atoms with E-state index in [0.29, 0.717) is 18.0 Å². The Morgan fingerprint density at radius 2 is 2.00 bits per heavy atom. The number of aromatic nitrogens is 3. The number of halogens is 1. The average molecular weight is 228 g/mol. The molecule has 2 atom stereocenters. The topological polar surface area (TPSA) is 53.9 Å². The SMILES string of the molecule is C[C@@H]1CNC[C@@H](C)N1c1ncnc(Cl)n1. The second kappa shape index (κ2) is 4.28. The van der Waals surface area contributed by atoms with Gasteiger partial charge in [-0.3, -0.25) is 0 Å². The van der Waals surface area contributed by atoms with Crippen LogP contribution < -0.4 is 10.2 Å². The van der Waals surface area contributed by atoms with Crippen LogP contribution in [0, 0.1) is 0 Å². The fourth-order valence-corrected chi connectivity index (χ4v) is 2.04. The van der Waals surface area contributed by atoms with Crippen molar-refractivity contribution in [3.63, 3.8) is 0 Å². The van der Waals surface area contributed by atoms with Crippen LogP contribution in [0.4, 0.5) is 5.95 Å². The van der Waals surface area contributed by atoms with Gasteiger partial charge >= 0.3 is 0 Å². The molecule has 1 aromatic heterocycles. The number of nitrogens with zero attached hydrogens (tertiary/aromatic N) is 4. The van der Waals surface area contributed by atoms with Crippen LogP contribution in [-0.4, -0.2) is 40.1 Å². The Kier molecular flexibility index (Phi) is 3.02. The molecule has 1 N–H and O–H groups in total. The fourth-order valence-electron chi connectivity index (χ4n) is 1.92. The van der Waals surface area contributed by atoms with Crippen LogP contribution in [0.3, 0.4) is 0 Å². The maximum atomic E-state index is 5.75. The second-order valence-corrected chi connectivity index (χ2v) is 4.16. The molecule has 5 nitrogen and oxygen atoms in total. The highest BCUT2D eigenvalue weighted by Gasteiger charge is 2.26. The summed E-state index contributed by atoms with van der Waals surface area (Å²) < 4.78 is 0. The lowest BCUT2D eigenvalue weighted by atomic mass is 10.1. The van der Waals surface area contributed by atoms with Crippen LogP contribution in [0.1, 0.15) is 13.8 Å². The van der Waals surface area contributed by atoms with Gasteiger partial charge in [0.05, 0.1) is 0 Å². The first-order chi connectivity index (χ1) is 7.18. The normalized spacial score (nSPS) is 26.7. The summed E-state index contributed by atoms with van der Waals surface area (Å²) >= 11 is 5.75. The van der Waals surface area contributed by atoms with Gasteiger partial charge in [-0.2, -0.15) is 4.98 Å². The molecule has 0 spiro atoms. The summed E-state index contributed by atoms with van der Waals surface area (Å²) in [4.78, 5) is 14.3. The maximum absolute atomic E-state index is 5.75. The molecular weight excluding hydrogens is 214 g/mol. The number of rotatable bonds is 1. The lowest BCUT2D eigenvalue weighted by molar-refractivity contribution is 0.424. The zero-order valence-electron chi connectivity index (χ0n) is 8.81. The molecule has 0 amide bonds. The van der Waals surface area contributed by atoms with Crippen molar-refractivity contribution in [2.24, 2.45) is 0 Å². The predicted octanol–water partition coefficient (Wildman–Crippen LogP) is 0.712. The predicted molar refractivity (Wildman–Crippen MR) is 59.1 cm³/mol. The third-order valence-electron chi connectivity index (χ3n) is 2.59. The average Bonchev–Trinajstić information content (AvgIpc) is 2.17. The van der Waals surface area contributed by atoms with E-state index in [9.17, 15) is 0 Å². The van der Waals surface area contributed by atoms with Gasteiger partial charge in [0, 0.05) is 25.2 Å². The highest BCUT2D eigenvalue weighted by atomic mass is 35.5. The highest BCUT2D eigenvalue weighted by Crippen LogP contribution is 2.17. The van der Waals surface area contributed by atoms with E-state index in [2.05, 4.69) is 39.0 Å². The van der Waals surface area contributed by atoms with E-state index >= 15 is 0 Å². The number of anilines is 1. The largest absolute Gasteiger partial charge is 0.333 e. The van der Waals surface area contributed by atoms with Gasteiger partial charge < -0.3 is 10.2 Å². The third kappa shape index (κ3) is 2.18. The van der Waals surface area contributed by atoms with Crippen molar-refractivity contribution in [2.75, 3.05) is 18.0 Å². The zero-order valence-corrected chi connectivity index (χ0v) is 9.57. The van der Waals surface area contributed by atoms with E-state index in [1.165, 1.54) is 6.33 Å². The van der Waals surface area contributed by atoms with Gasteiger partial charge in [-0.25, -0.2) is 9.97 Å². The molecule has 82 valence electrons. The van der Waals surface area contributed by atoms with Gasteiger partial charge in [-0.05, 0) is 25.4 Å². The van der Waals surface area contributed by atoms with Crippen molar-refractivity contribution >= 4 is 17.5 Å². The van der Waals surface area contributed by atoms with Crippen LogP contribution in [-0.2, 0) is 0 Å². The summed E-state index contributed by atoms with van der Waals surface area (Å²) in [5.41, 5.74) is 0. The van der Waals surface area contributed by atoms with Gasteiger partial charge in [0.25, 0.3) is 0 Å². The minimum Gasteiger partial charge on any atom is -0.333 e. The summed E-state index contributed by atoms with van der Waals surface area (Å²) in [5, 5.41) is 3.60. The molecule has 0 bridgehead atoms. The molecule has 15 heavy (non-hydrogen) atoms. The second-order valence-electron chi connectivity index (χ2n) is 3.82. The highest BCUT2D eigenvalue weighted by molar-refractivity contribution is 6.28. The maximum Gasteiger partial charge on any atom is 0.230 e. The summed E-state index contributed by atoms with van der Waals surface area (Å²) in [6.45, 7) is 6.15. The molecule has 0 saturated carbocycles. The first-order valence-corrected chi connectivity index (χ1v) is 5.40. The van der Waals surface area contributed by atoms with Crippen LogP contribution in [0.25, 0.3) is 0 Å². The van der Waals surface area contributed by atoms with Crippen molar-refractivity contribution in [3.05, 3.63) is 11.6 Å². The number of nitrogens with one attached hydrogen (secondary N) is 1. The van der Waals surface area contributed by atoms with E-state index in [1.54, 1.807) is 0 Å². The summed E-state index contributed by atoms with van der Waals surface area (Å²) in [5.74, 6) is 0.663. The molecule has 0 radical (unpaired) electrons. The first-order valence-electron chi connectivity index (χ1n) is 5.02. The molecule has 2 rings (SSSR count). The van der Waals surface area contributed by atoms with Crippen molar-refractivity contribution in [1.29, 1.82) is 0 Å². The molecule has 6 heteroatoms. The zero-order chi connectivity index (χ0) is 10.8. The molecule has 1 saturated heterocycles. The lowest BCUT2D eigenvalue weighted by Crippen LogP contribution is -2.55. The van der Waals surface area contributed by atoms with Gasteiger partial charge in [0.1, 0.15) is 6.33 Å². The smallest absolute Gasteiger partial charge is 0.230 e. The quantitative estimate of drug-likeness (QED) is 0.766. The van der Waals surface area contributed by atoms with Gasteiger partial charge in [0.2, 0.25) is 11.2 Å². The molecule has 1 aromatic rings. The van der Waals surface area contributed by atoms with Gasteiger partial charge in [0.15, 0.2) is 0 Å². The van der Waals surface area contributed by atoms with Crippen molar-refractivity contribution in [1.82, 2.24) is 20.3 Å². The summed E-state index contributed by atoms with van der Waals surface area (Å²) in [6, 6.07) is 0.736. The minimum absolute atomic E-state index is 0.248. The van der Waals surface area contributed by atoms with E-state index in [4.69, 9.17) is 11.6 Å². The molecule has 1 aliphatic heterocycles. The van der Waals surface area contributed by atoms with Crippen molar-refractivity contribution in [2.45, 2.75) is 25.9 Å². The van der Waals surface area contributed by atoms with Gasteiger partial charge in [-0.15, -0.1) is 0 Å². The summed E-state index contributed by atoms with van der Waals surface area (Å²) in [6.07, 6.45) is 1.45. The molecular formula is C9H14ClN5. The van der Waals surface area contributed by atoms with Crippen LogP contribution in [0.15, 0.2) is 6.33 Å². The Morgan fingerprint density at radius 1 is 1.33 bits per heavy atom.